The smallest absolute Gasteiger partial charge is 0.163 e. The predicted molar refractivity (Wildman–Crippen MR) is 72.7 cm³/mol. The second kappa shape index (κ2) is 6.50. The van der Waals surface area contributed by atoms with Gasteiger partial charge in [-0.2, -0.15) is 0 Å². The van der Waals surface area contributed by atoms with E-state index < -0.39 is 0 Å². The third-order valence-electron chi connectivity index (χ3n) is 3.40. The van der Waals surface area contributed by atoms with Gasteiger partial charge in [0, 0.05) is 18.6 Å². The van der Waals surface area contributed by atoms with Crippen LogP contribution in [0.5, 0.6) is 0 Å². The summed E-state index contributed by atoms with van der Waals surface area (Å²) in [4.78, 5) is 11.9. The fourth-order valence-electron chi connectivity index (χ4n) is 2.27. The van der Waals surface area contributed by atoms with Gasteiger partial charge in [0.2, 0.25) is 0 Å². The minimum Gasteiger partial charge on any atom is -0.374 e. The molecule has 0 saturated carbocycles. The Labute approximate surface area is 109 Å². The highest BCUT2D eigenvalue weighted by Crippen LogP contribution is 2.22. The quantitative estimate of drug-likeness (QED) is 0.582. The number of ether oxygens (including phenoxy) is 1. The molecule has 0 amide bonds. The summed E-state index contributed by atoms with van der Waals surface area (Å²) in [7, 11) is 0. The van der Waals surface area contributed by atoms with E-state index in [0.29, 0.717) is 6.42 Å². The van der Waals surface area contributed by atoms with Crippen molar-refractivity contribution in [3.05, 3.63) is 48.0 Å². The van der Waals surface area contributed by atoms with Gasteiger partial charge in [-0.15, -0.1) is 0 Å². The fourth-order valence-corrected chi connectivity index (χ4v) is 2.27. The van der Waals surface area contributed by atoms with Crippen molar-refractivity contribution in [1.29, 1.82) is 0 Å². The second-order valence-electron chi connectivity index (χ2n) is 4.80. The Morgan fingerprint density at radius 1 is 1.22 bits per heavy atom. The molecule has 1 unspecified atom stereocenters. The van der Waals surface area contributed by atoms with Gasteiger partial charge in [-0.25, -0.2) is 0 Å². The zero-order chi connectivity index (χ0) is 12.8. The number of ketones is 1. The standard InChI is InChI=1S/C16H20O2/c1-13(16-9-5-6-12-18-16)10-11-15(17)14-7-3-2-4-8-14/h2-4,7-8,16H,1,5-6,9-12H2. The van der Waals surface area contributed by atoms with E-state index in [1.165, 1.54) is 6.42 Å². The number of rotatable bonds is 5. The summed E-state index contributed by atoms with van der Waals surface area (Å²) >= 11 is 0. The first-order chi connectivity index (χ1) is 8.77. The molecule has 1 aromatic rings. The molecule has 0 aliphatic carbocycles. The molecule has 1 aliphatic heterocycles. The Morgan fingerprint density at radius 3 is 2.67 bits per heavy atom. The lowest BCUT2D eigenvalue weighted by Crippen LogP contribution is -2.21. The molecular formula is C16H20O2. The van der Waals surface area contributed by atoms with Crippen LogP contribution < -0.4 is 0 Å². The van der Waals surface area contributed by atoms with E-state index in [4.69, 9.17) is 4.74 Å². The van der Waals surface area contributed by atoms with Crippen molar-refractivity contribution in [1.82, 2.24) is 0 Å². The highest BCUT2D eigenvalue weighted by Gasteiger charge is 2.17. The molecule has 0 N–H and O–H groups in total. The first-order valence-corrected chi connectivity index (χ1v) is 6.65. The minimum atomic E-state index is 0.169. The van der Waals surface area contributed by atoms with Crippen molar-refractivity contribution in [3.8, 4) is 0 Å². The number of carbonyl (C=O) groups excluding carboxylic acids is 1. The van der Waals surface area contributed by atoms with Gasteiger partial charge in [0.25, 0.3) is 0 Å². The second-order valence-corrected chi connectivity index (χ2v) is 4.80. The van der Waals surface area contributed by atoms with Gasteiger partial charge in [-0.3, -0.25) is 4.79 Å². The largest absolute Gasteiger partial charge is 0.374 e. The van der Waals surface area contributed by atoms with Gasteiger partial charge < -0.3 is 4.74 Å². The summed E-state index contributed by atoms with van der Waals surface area (Å²) in [5.41, 5.74) is 1.86. The molecule has 1 heterocycles. The van der Waals surface area contributed by atoms with Crippen molar-refractivity contribution in [2.45, 2.75) is 38.2 Å². The third-order valence-corrected chi connectivity index (χ3v) is 3.40. The molecule has 0 bridgehead atoms. The summed E-state index contributed by atoms with van der Waals surface area (Å²) in [6.45, 7) is 4.90. The van der Waals surface area contributed by atoms with Crippen molar-refractivity contribution in [2.75, 3.05) is 6.61 Å². The predicted octanol–water partition coefficient (Wildman–Crippen LogP) is 3.77. The first kappa shape index (κ1) is 13.0. The van der Waals surface area contributed by atoms with Crippen LogP contribution in [0.1, 0.15) is 42.5 Å². The third kappa shape index (κ3) is 3.54. The van der Waals surface area contributed by atoms with Crippen molar-refractivity contribution in [2.24, 2.45) is 0 Å². The molecule has 18 heavy (non-hydrogen) atoms. The average molecular weight is 244 g/mol. The Hall–Kier alpha value is -1.41. The van der Waals surface area contributed by atoms with Gasteiger partial charge in [0.05, 0.1) is 6.10 Å². The molecule has 0 spiro atoms. The van der Waals surface area contributed by atoms with Crippen LogP contribution in [0.25, 0.3) is 0 Å². The van der Waals surface area contributed by atoms with Gasteiger partial charge in [0.15, 0.2) is 5.78 Å². The lowest BCUT2D eigenvalue weighted by atomic mass is 9.96. The summed E-state index contributed by atoms with van der Waals surface area (Å²) in [6, 6.07) is 9.44. The molecule has 2 heteroatoms. The van der Waals surface area contributed by atoms with Gasteiger partial charge in [-0.1, -0.05) is 36.9 Å². The summed E-state index contributed by atoms with van der Waals surface area (Å²) < 4.78 is 5.67. The highest BCUT2D eigenvalue weighted by atomic mass is 16.5. The lowest BCUT2D eigenvalue weighted by molar-refractivity contribution is 0.0375. The maximum atomic E-state index is 11.9. The Balaban J connectivity index is 1.80. The minimum absolute atomic E-state index is 0.169. The van der Waals surface area contributed by atoms with Gasteiger partial charge in [0.1, 0.15) is 0 Å². The molecule has 1 atom stereocenters. The van der Waals surface area contributed by atoms with E-state index in [-0.39, 0.29) is 11.9 Å². The maximum Gasteiger partial charge on any atom is 0.163 e. The number of Topliss-reactive ketones (excluding diaryl/α,β-unsaturated/α-hetero) is 1. The topological polar surface area (TPSA) is 26.3 Å². The number of hydrogen-bond acceptors (Lipinski definition) is 2. The van der Waals surface area contributed by atoms with Gasteiger partial charge >= 0.3 is 0 Å². The van der Waals surface area contributed by atoms with E-state index >= 15 is 0 Å². The molecular weight excluding hydrogens is 224 g/mol. The lowest BCUT2D eigenvalue weighted by Gasteiger charge is -2.24. The van der Waals surface area contributed by atoms with Crippen LogP contribution in [0.2, 0.25) is 0 Å². The number of benzene rings is 1. The van der Waals surface area contributed by atoms with Crippen molar-refractivity contribution < 1.29 is 9.53 Å². The summed E-state index contributed by atoms with van der Waals surface area (Å²) in [5.74, 6) is 0.188. The van der Waals surface area contributed by atoms with Crippen LogP contribution in [-0.2, 0) is 4.74 Å². The van der Waals surface area contributed by atoms with Crippen LogP contribution >= 0.6 is 0 Å². The average Bonchev–Trinajstić information content (AvgIpc) is 2.46. The SMILES string of the molecule is C=C(CCC(=O)c1ccccc1)C1CCCCO1. The van der Waals surface area contributed by atoms with Crippen molar-refractivity contribution in [3.63, 3.8) is 0 Å². The summed E-state index contributed by atoms with van der Waals surface area (Å²) in [5, 5.41) is 0. The van der Waals surface area contributed by atoms with Crippen LogP contribution in [0.4, 0.5) is 0 Å². The van der Waals surface area contributed by atoms with E-state index in [9.17, 15) is 4.79 Å². The van der Waals surface area contributed by atoms with Gasteiger partial charge in [-0.05, 0) is 31.3 Å². The number of hydrogen-bond donors (Lipinski definition) is 0. The molecule has 0 aromatic heterocycles. The van der Waals surface area contributed by atoms with Crippen LogP contribution in [0.15, 0.2) is 42.5 Å². The molecule has 96 valence electrons. The van der Waals surface area contributed by atoms with E-state index in [0.717, 1.165) is 37.0 Å². The highest BCUT2D eigenvalue weighted by molar-refractivity contribution is 5.96. The maximum absolute atomic E-state index is 11.9. The molecule has 0 radical (unpaired) electrons. The molecule has 2 nitrogen and oxygen atoms in total. The normalized spacial score (nSPS) is 19.4. The number of carbonyl (C=O) groups is 1. The van der Waals surface area contributed by atoms with Crippen LogP contribution in [0, 0.1) is 0 Å². The van der Waals surface area contributed by atoms with Crippen LogP contribution in [0.3, 0.4) is 0 Å². The molecule has 1 aromatic carbocycles. The molecule has 1 aliphatic rings. The molecule has 1 fully saturated rings. The van der Waals surface area contributed by atoms with E-state index in [1.807, 2.05) is 30.3 Å². The first-order valence-electron chi connectivity index (χ1n) is 6.65. The van der Waals surface area contributed by atoms with Crippen molar-refractivity contribution >= 4 is 5.78 Å². The van der Waals surface area contributed by atoms with Crippen LogP contribution in [-0.4, -0.2) is 18.5 Å². The Kier molecular flexibility index (Phi) is 4.71. The monoisotopic (exact) mass is 244 g/mol. The van der Waals surface area contributed by atoms with E-state index in [2.05, 4.69) is 6.58 Å². The van der Waals surface area contributed by atoms with E-state index in [1.54, 1.807) is 0 Å². The zero-order valence-electron chi connectivity index (χ0n) is 10.7. The fraction of sp³-hybridized carbons (Fsp3) is 0.438. The molecule has 1 saturated heterocycles. The Bertz CT molecular complexity index is 402. The Morgan fingerprint density at radius 2 is 2.00 bits per heavy atom. The molecule has 2 rings (SSSR count). The zero-order valence-corrected chi connectivity index (χ0v) is 10.7. The summed E-state index contributed by atoms with van der Waals surface area (Å²) in [6.07, 6.45) is 4.84.